The molecule has 1 aromatic rings. The number of nitro groups is 1. The third-order valence-electron chi connectivity index (χ3n) is 3.83. The largest absolute Gasteiger partial charge is 0.340 e. The minimum Gasteiger partial charge on any atom is -0.340 e. The molecule has 2 N–H and O–H groups in total. The van der Waals surface area contributed by atoms with Crippen molar-refractivity contribution in [2.45, 2.75) is 44.8 Å². The number of benzene rings is 1. The third-order valence-corrected chi connectivity index (χ3v) is 3.83. The Bertz CT molecular complexity index is 549. The number of likely N-dealkylation sites (N-methyl/N-ethyl adjacent to an activating group) is 1. The van der Waals surface area contributed by atoms with Crippen molar-refractivity contribution in [1.82, 2.24) is 15.8 Å². The SMILES string of the molecule is CCCC1CC(C(=O)N(C)Cc2cccc([N+](=O)[O-])c2)NN1. The Morgan fingerprint density at radius 3 is 2.91 bits per heavy atom. The second kappa shape index (κ2) is 7.33. The highest BCUT2D eigenvalue weighted by Gasteiger charge is 2.30. The summed E-state index contributed by atoms with van der Waals surface area (Å²) < 4.78 is 0. The fourth-order valence-corrected chi connectivity index (χ4v) is 2.71. The summed E-state index contributed by atoms with van der Waals surface area (Å²) in [7, 11) is 1.72. The van der Waals surface area contributed by atoms with Crippen LogP contribution in [0.25, 0.3) is 0 Å². The number of carbonyl (C=O) groups excluding carboxylic acids is 1. The Hall–Kier alpha value is -1.99. The highest BCUT2D eigenvalue weighted by Crippen LogP contribution is 2.16. The lowest BCUT2D eigenvalue weighted by atomic mass is 10.1. The molecular formula is C15H22N4O3. The van der Waals surface area contributed by atoms with Crippen LogP contribution in [0.1, 0.15) is 31.7 Å². The van der Waals surface area contributed by atoms with Crippen molar-refractivity contribution in [3.63, 3.8) is 0 Å². The minimum absolute atomic E-state index is 0.00221. The highest BCUT2D eigenvalue weighted by molar-refractivity contribution is 5.82. The van der Waals surface area contributed by atoms with Crippen molar-refractivity contribution < 1.29 is 9.72 Å². The zero-order valence-electron chi connectivity index (χ0n) is 12.9. The maximum atomic E-state index is 12.4. The number of non-ortho nitro benzene ring substituents is 1. The van der Waals surface area contributed by atoms with Gasteiger partial charge in [-0.2, -0.15) is 0 Å². The molecule has 0 aromatic heterocycles. The maximum Gasteiger partial charge on any atom is 0.269 e. The summed E-state index contributed by atoms with van der Waals surface area (Å²) in [6.45, 7) is 2.47. The lowest BCUT2D eigenvalue weighted by Gasteiger charge is -2.20. The summed E-state index contributed by atoms with van der Waals surface area (Å²) >= 11 is 0. The topological polar surface area (TPSA) is 87.5 Å². The molecule has 1 aromatic carbocycles. The van der Waals surface area contributed by atoms with Crippen molar-refractivity contribution in [3.05, 3.63) is 39.9 Å². The average Bonchev–Trinajstić information content (AvgIpc) is 2.95. The van der Waals surface area contributed by atoms with E-state index in [1.165, 1.54) is 12.1 Å². The molecule has 0 spiro atoms. The van der Waals surface area contributed by atoms with Crippen LogP contribution in [0.15, 0.2) is 24.3 Å². The van der Waals surface area contributed by atoms with E-state index >= 15 is 0 Å². The van der Waals surface area contributed by atoms with Gasteiger partial charge < -0.3 is 4.90 Å². The van der Waals surface area contributed by atoms with Crippen LogP contribution in [-0.2, 0) is 11.3 Å². The van der Waals surface area contributed by atoms with Crippen LogP contribution in [0.2, 0.25) is 0 Å². The monoisotopic (exact) mass is 306 g/mol. The van der Waals surface area contributed by atoms with Gasteiger partial charge in [0.15, 0.2) is 0 Å². The number of hydrazine groups is 1. The Labute approximate surface area is 129 Å². The molecule has 2 atom stereocenters. The molecule has 7 nitrogen and oxygen atoms in total. The Morgan fingerprint density at radius 1 is 1.45 bits per heavy atom. The second-order valence-corrected chi connectivity index (χ2v) is 5.68. The van der Waals surface area contributed by atoms with Gasteiger partial charge in [-0.15, -0.1) is 0 Å². The van der Waals surface area contributed by atoms with Crippen molar-refractivity contribution >= 4 is 11.6 Å². The number of hydrogen-bond donors (Lipinski definition) is 2. The molecule has 0 saturated carbocycles. The number of nitrogens with zero attached hydrogens (tertiary/aromatic N) is 2. The predicted molar refractivity (Wildman–Crippen MR) is 82.9 cm³/mol. The van der Waals surface area contributed by atoms with E-state index in [1.54, 1.807) is 24.1 Å². The van der Waals surface area contributed by atoms with E-state index in [0.717, 1.165) is 24.8 Å². The van der Waals surface area contributed by atoms with Gasteiger partial charge in [0.25, 0.3) is 5.69 Å². The number of carbonyl (C=O) groups is 1. The highest BCUT2D eigenvalue weighted by atomic mass is 16.6. The summed E-state index contributed by atoms with van der Waals surface area (Å²) in [4.78, 5) is 24.4. The summed E-state index contributed by atoms with van der Waals surface area (Å²) in [6.07, 6.45) is 2.88. The minimum atomic E-state index is -0.427. The summed E-state index contributed by atoms with van der Waals surface area (Å²) in [5.41, 5.74) is 6.98. The summed E-state index contributed by atoms with van der Waals surface area (Å²) in [5.74, 6) is -0.00221. The molecule has 22 heavy (non-hydrogen) atoms. The van der Waals surface area contributed by atoms with Gasteiger partial charge in [-0.1, -0.05) is 25.5 Å². The van der Waals surface area contributed by atoms with E-state index in [2.05, 4.69) is 17.8 Å². The van der Waals surface area contributed by atoms with Crippen LogP contribution >= 0.6 is 0 Å². The first-order chi connectivity index (χ1) is 10.5. The van der Waals surface area contributed by atoms with E-state index < -0.39 is 4.92 Å². The zero-order valence-corrected chi connectivity index (χ0v) is 12.9. The van der Waals surface area contributed by atoms with E-state index in [-0.39, 0.29) is 17.6 Å². The molecule has 1 heterocycles. The number of nitrogens with one attached hydrogen (secondary N) is 2. The third kappa shape index (κ3) is 4.02. The van der Waals surface area contributed by atoms with Gasteiger partial charge in [-0.05, 0) is 18.4 Å². The van der Waals surface area contributed by atoms with Gasteiger partial charge in [-0.25, -0.2) is 5.43 Å². The smallest absolute Gasteiger partial charge is 0.269 e. The van der Waals surface area contributed by atoms with Gasteiger partial charge >= 0.3 is 0 Å². The van der Waals surface area contributed by atoms with Crippen molar-refractivity contribution in [1.29, 1.82) is 0 Å². The predicted octanol–water partition coefficient (Wildman–Crippen LogP) is 1.59. The molecule has 0 bridgehead atoms. The summed E-state index contributed by atoms with van der Waals surface area (Å²) in [6, 6.07) is 6.47. The maximum absolute atomic E-state index is 12.4. The van der Waals surface area contributed by atoms with E-state index in [0.29, 0.717) is 12.6 Å². The van der Waals surface area contributed by atoms with Crippen molar-refractivity contribution in [2.75, 3.05) is 7.05 Å². The number of hydrogen-bond acceptors (Lipinski definition) is 5. The van der Waals surface area contributed by atoms with Crippen LogP contribution in [0, 0.1) is 10.1 Å². The lowest BCUT2D eigenvalue weighted by molar-refractivity contribution is -0.384. The van der Waals surface area contributed by atoms with Gasteiger partial charge in [0.05, 0.1) is 4.92 Å². The van der Waals surface area contributed by atoms with Crippen molar-refractivity contribution in [3.8, 4) is 0 Å². The van der Waals surface area contributed by atoms with Crippen LogP contribution in [0.3, 0.4) is 0 Å². The molecule has 1 saturated heterocycles. The molecule has 120 valence electrons. The number of rotatable bonds is 6. The molecular weight excluding hydrogens is 284 g/mol. The zero-order chi connectivity index (χ0) is 16.1. The Balaban J connectivity index is 1.94. The molecule has 7 heteroatoms. The normalized spacial score (nSPS) is 20.8. The van der Waals surface area contributed by atoms with Gasteiger partial charge in [0, 0.05) is 31.8 Å². The molecule has 2 rings (SSSR count). The molecule has 2 unspecified atom stereocenters. The first-order valence-corrected chi connectivity index (χ1v) is 7.50. The molecule has 1 aliphatic rings. The average molecular weight is 306 g/mol. The molecule has 1 fully saturated rings. The van der Waals surface area contributed by atoms with E-state index in [4.69, 9.17) is 0 Å². The fraction of sp³-hybridized carbons (Fsp3) is 0.533. The van der Waals surface area contributed by atoms with Gasteiger partial charge in [0.1, 0.15) is 6.04 Å². The Morgan fingerprint density at radius 2 is 2.23 bits per heavy atom. The van der Waals surface area contributed by atoms with Crippen LogP contribution in [0.5, 0.6) is 0 Å². The molecule has 1 aliphatic heterocycles. The molecule has 0 aliphatic carbocycles. The number of amides is 1. The van der Waals surface area contributed by atoms with E-state index in [1.807, 2.05) is 0 Å². The Kier molecular flexibility index (Phi) is 5.46. The van der Waals surface area contributed by atoms with E-state index in [9.17, 15) is 14.9 Å². The van der Waals surface area contributed by atoms with Crippen LogP contribution in [-0.4, -0.2) is 34.9 Å². The first-order valence-electron chi connectivity index (χ1n) is 7.50. The van der Waals surface area contributed by atoms with Crippen molar-refractivity contribution in [2.24, 2.45) is 0 Å². The fourth-order valence-electron chi connectivity index (χ4n) is 2.71. The van der Waals surface area contributed by atoms with Gasteiger partial charge in [-0.3, -0.25) is 20.3 Å². The molecule has 1 amide bonds. The second-order valence-electron chi connectivity index (χ2n) is 5.68. The van der Waals surface area contributed by atoms with Crippen LogP contribution < -0.4 is 10.9 Å². The first kappa shape index (κ1) is 16.4. The number of nitro benzene ring substituents is 1. The van der Waals surface area contributed by atoms with Gasteiger partial charge in [0.2, 0.25) is 5.91 Å². The molecule has 0 radical (unpaired) electrons. The van der Waals surface area contributed by atoms with Crippen LogP contribution in [0.4, 0.5) is 5.69 Å². The lowest BCUT2D eigenvalue weighted by Crippen LogP contribution is -2.43. The standard InChI is InChI=1S/C15H22N4O3/c1-3-5-12-9-14(17-16-12)15(20)18(2)10-11-6-4-7-13(8-11)19(21)22/h4,6-8,12,14,16-17H,3,5,9-10H2,1-2H3. The summed E-state index contributed by atoms with van der Waals surface area (Å²) in [5, 5.41) is 10.8. The quantitative estimate of drug-likeness (QED) is 0.615.